The molecule has 0 bridgehead atoms. The average molecular weight is 237 g/mol. The highest BCUT2D eigenvalue weighted by Gasteiger charge is 2.27. The Kier molecular flexibility index (Phi) is 3.53. The van der Waals surface area contributed by atoms with Gasteiger partial charge < -0.3 is 10.0 Å². The smallest absolute Gasteiger partial charge is 0.347 e. The van der Waals surface area contributed by atoms with Crippen molar-refractivity contribution in [3.8, 4) is 0 Å². The number of likely N-dealkylation sites (tertiary alicyclic amines) is 1. The quantitative estimate of drug-likeness (QED) is 0.748. The Morgan fingerprint density at radius 2 is 2.41 bits per heavy atom. The fraction of sp³-hybridized carbons (Fsp3) is 0.545. The summed E-state index contributed by atoms with van der Waals surface area (Å²) in [4.78, 5) is 28.5. The maximum Gasteiger partial charge on any atom is 0.347 e. The number of aliphatic hydroxyl groups is 1. The van der Waals surface area contributed by atoms with E-state index in [0.717, 1.165) is 12.8 Å². The molecule has 0 saturated carbocycles. The van der Waals surface area contributed by atoms with Gasteiger partial charge in [0.1, 0.15) is 6.54 Å². The number of amides is 1. The number of aliphatic hydroxyl groups excluding tert-OH is 1. The summed E-state index contributed by atoms with van der Waals surface area (Å²) in [6.45, 7) is 0.621. The lowest BCUT2D eigenvalue weighted by molar-refractivity contribution is -0.133. The molecule has 6 heteroatoms. The maximum absolute atomic E-state index is 12.0. The molecule has 1 fully saturated rings. The lowest BCUT2D eigenvalue weighted by Gasteiger charge is -2.23. The first kappa shape index (κ1) is 11.8. The predicted molar refractivity (Wildman–Crippen MR) is 60.3 cm³/mol. The second kappa shape index (κ2) is 5.09. The van der Waals surface area contributed by atoms with E-state index in [9.17, 15) is 9.59 Å². The molecular weight excluding hydrogens is 222 g/mol. The van der Waals surface area contributed by atoms with Crippen molar-refractivity contribution in [1.29, 1.82) is 0 Å². The van der Waals surface area contributed by atoms with Crippen LogP contribution in [0.3, 0.4) is 0 Å². The molecule has 1 aliphatic heterocycles. The molecule has 1 atom stereocenters. The van der Waals surface area contributed by atoms with Crippen LogP contribution in [0.2, 0.25) is 0 Å². The van der Waals surface area contributed by atoms with Crippen LogP contribution in [0.4, 0.5) is 0 Å². The van der Waals surface area contributed by atoms with Crippen molar-refractivity contribution in [2.75, 3.05) is 13.2 Å². The van der Waals surface area contributed by atoms with E-state index in [1.165, 1.54) is 17.0 Å². The number of carbonyl (C=O) groups excluding carboxylic acids is 1. The van der Waals surface area contributed by atoms with E-state index in [1.807, 2.05) is 0 Å². The van der Waals surface area contributed by atoms with Gasteiger partial charge in [-0.2, -0.15) is 0 Å². The van der Waals surface area contributed by atoms with Gasteiger partial charge in [-0.25, -0.2) is 9.78 Å². The fourth-order valence-corrected chi connectivity index (χ4v) is 2.10. The van der Waals surface area contributed by atoms with Gasteiger partial charge in [0.25, 0.3) is 0 Å². The molecule has 2 heterocycles. The van der Waals surface area contributed by atoms with E-state index in [2.05, 4.69) is 4.98 Å². The molecule has 1 aromatic rings. The third-order valence-electron chi connectivity index (χ3n) is 3.00. The third-order valence-corrected chi connectivity index (χ3v) is 3.00. The van der Waals surface area contributed by atoms with Crippen molar-refractivity contribution >= 4 is 5.91 Å². The molecule has 0 spiro atoms. The molecule has 0 radical (unpaired) electrons. The Morgan fingerprint density at radius 3 is 3.12 bits per heavy atom. The second-order valence-electron chi connectivity index (χ2n) is 4.10. The standard InChI is InChI=1S/C11H15N3O3/c15-8-9-3-1-6-14(9)10(16)7-13-5-2-4-12-11(13)17/h2,4-5,9,15H,1,3,6-8H2/t9-/m0/s1. The van der Waals surface area contributed by atoms with Crippen LogP contribution in [-0.2, 0) is 11.3 Å². The Hall–Kier alpha value is -1.69. The molecule has 0 aromatic carbocycles. The minimum Gasteiger partial charge on any atom is -0.394 e. The van der Waals surface area contributed by atoms with Crippen molar-refractivity contribution < 1.29 is 9.90 Å². The van der Waals surface area contributed by atoms with Gasteiger partial charge in [-0.15, -0.1) is 0 Å². The van der Waals surface area contributed by atoms with E-state index in [4.69, 9.17) is 5.11 Å². The fourth-order valence-electron chi connectivity index (χ4n) is 2.10. The van der Waals surface area contributed by atoms with Crippen LogP contribution < -0.4 is 5.69 Å². The van der Waals surface area contributed by atoms with Gasteiger partial charge in [-0.05, 0) is 18.9 Å². The van der Waals surface area contributed by atoms with Crippen molar-refractivity contribution in [3.05, 3.63) is 28.9 Å². The lowest BCUT2D eigenvalue weighted by Crippen LogP contribution is -2.41. The minimum absolute atomic E-state index is 0.0107. The first-order valence-corrected chi connectivity index (χ1v) is 5.64. The number of carbonyl (C=O) groups is 1. The first-order valence-electron chi connectivity index (χ1n) is 5.64. The molecule has 92 valence electrons. The summed E-state index contributed by atoms with van der Waals surface area (Å²) >= 11 is 0. The van der Waals surface area contributed by atoms with Crippen molar-refractivity contribution in [1.82, 2.24) is 14.5 Å². The van der Waals surface area contributed by atoms with Crippen molar-refractivity contribution in [2.45, 2.75) is 25.4 Å². The zero-order valence-electron chi connectivity index (χ0n) is 9.45. The Morgan fingerprint density at radius 1 is 1.59 bits per heavy atom. The van der Waals surface area contributed by atoms with E-state index in [-0.39, 0.29) is 25.1 Å². The summed E-state index contributed by atoms with van der Waals surface area (Å²) in [6.07, 6.45) is 4.66. The van der Waals surface area contributed by atoms with Gasteiger partial charge in [0, 0.05) is 18.9 Å². The molecule has 2 rings (SSSR count). The van der Waals surface area contributed by atoms with E-state index in [0.29, 0.717) is 6.54 Å². The van der Waals surface area contributed by atoms with Gasteiger partial charge >= 0.3 is 5.69 Å². The van der Waals surface area contributed by atoms with E-state index in [1.54, 1.807) is 11.0 Å². The molecular formula is C11H15N3O3. The summed E-state index contributed by atoms with van der Waals surface area (Å²) < 4.78 is 1.27. The number of hydrogen-bond donors (Lipinski definition) is 1. The van der Waals surface area contributed by atoms with Gasteiger partial charge in [-0.1, -0.05) is 0 Å². The molecule has 1 aliphatic rings. The van der Waals surface area contributed by atoms with Crippen molar-refractivity contribution in [2.24, 2.45) is 0 Å². The molecule has 1 saturated heterocycles. The van der Waals surface area contributed by atoms with Crippen LogP contribution >= 0.6 is 0 Å². The van der Waals surface area contributed by atoms with Crippen LogP contribution in [-0.4, -0.2) is 44.7 Å². The van der Waals surface area contributed by atoms with Gasteiger partial charge in [0.2, 0.25) is 5.91 Å². The molecule has 6 nitrogen and oxygen atoms in total. The van der Waals surface area contributed by atoms with Crippen molar-refractivity contribution in [3.63, 3.8) is 0 Å². The molecule has 17 heavy (non-hydrogen) atoms. The lowest BCUT2D eigenvalue weighted by atomic mass is 10.2. The largest absolute Gasteiger partial charge is 0.394 e. The zero-order valence-corrected chi connectivity index (χ0v) is 9.45. The Labute approximate surface area is 98.5 Å². The molecule has 1 amide bonds. The van der Waals surface area contributed by atoms with Crippen LogP contribution in [0.15, 0.2) is 23.3 Å². The summed E-state index contributed by atoms with van der Waals surface area (Å²) in [6, 6.07) is 1.51. The van der Waals surface area contributed by atoms with Crippen LogP contribution in [0.5, 0.6) is 0 Å². The Balaban J connectivity index is 2.07. The number of hydrogen-bond acceptors (Lipinski definition) is 4. The highest BCUT2D eigenvalue weighted by atomic mass is 16.3. The third kappa shape index (κ3) is 2.52. The topological polar surface area (TPSA) is 75.4 Å². The van der Waals surface area contributed by atoms with Gasteiger partial charge in [-0.3, -0.25) is 9.36 Å². The second-order valence-corrected chi connectivity index (χ2v) is 4.10. The maximum atomic E-state index is 12.0. The first-order chi connectivity index (χ1) is 8.22. The summed E-state index contributed by atoms with van der Waals surface area (Å²) in [5.74, 6) is -0.142. The molecule has 0 unspecified atom stereocenters. The molecule has 1 N–H and O–H groups in total. The molecule has 1 aromatic heterocycles. The summed E-state index contributed by atoms with van der Waals surface area (Å²) in [5.41, 5.74) is -0.430. The monoisotopic (exact) mass is 237 g/mol. The average Bonchev–Trinajstić information content (AvgIpc) is 2.80. The van der Waals surface area contributed by atoms with E-state index < -0.39 is 5.69 Å². The van der Waals surface area contributed by atoms with Crippen LogP contribution in [0.25, 0.3) is 0 Å². The number of rotatable bonds is 3. The normalized spacial score (nSPS) is 19.6. The number of aromatic nitrogens is 2. The van der Waals surface area contributed by atoms with E-state index >= 15 is 0 Å². The highest BCUT2D eigenvalue weighted by molar-refractivity contribution is 5.76. The highest BCUT2D eigenvalue weighted by Crippen LogP contribution is 2.16. The Bertz CT molecular complexity index is 457. The predicted octanol–water partition coefficient (Wildman–Crippen LogP) is -0.773. The van der Waals surface area contributed by atoms with Crippen LogP contribution in [0, 0.1) is 0 Å². The zero-order chi connectivity index (χ0) is 12.3. The van der Waals surface area contributed by atoms with Gasteiger partial charge in [0.05, 0.1) is 12.6 Å². The number of nitrogens with zero attached hydrogens (tertiary/aromatic N) is 3. The van der Waals surface area contributed by atoms with Crippen LogP contribution in [0.1, 0.15) is 12.8 Å². The summed E-state index contributed by atoms with van der Waals surface area (Å²) in [5, 5.41) is 9.13. The molecule has 0 aliphatic carbocycles. The summed E-state index contributed by atoms with van der Waals surface area (Å²) in [7, 11) is 0. The van der Waals surface area contributed by atoms with Gasteiger partial charge in [0.15, 0.2) is 0 Å². The minimum atomic E-state index is -0.430. The SMILES string of the molecule is O=C(Cn1cccnc1=O)N1CCC[C@H]1CO.